The Labute approximate surface area is 155 Å². The van der Waals surface area contributed by atoms with Crippen molar-refractivity contribution in [3.63, 3.8) is 0 Å². The van der Waals surface area contributed by atoms with Crippen molar-refractivity contribution in [1.29, 1.82) is 0 Å². The van der Waals surface area contributed by atoms with Crippen LogP contribution in [0.5, 0.6) is 0 Å². The van der Waals surface area contributed by atoms with Crippen LogP contribution in [0.1, 0.15) is 10.4 Å². The van der Waals surface area contributed by atoms with Gasteiger partial charge in [-0.25, -0.2) is 4.39 Å². The Morgan fingerprint density at radius 1 is 0.963 bits per heavy atom. The minimum absolute atomic E-state index is 0.0782. The molecule has 3 aromatic rings. The van der Waals surface area contributed by atoms with Crippen LogP contribution >= 0.6 is 0 Å². The van der Waals surface area contributed by atoms with Crippen molar-refractivity contribution < 1.29 is 9.18 Å². The van der Waals surface area contributed by atoms with E-state index in [-0.39, 0.29) is 11.7 Å². The Bertz CT molecular complexity index is 933. The van der Waals surface area contributed by atoms with Crippen LogP contribution in [0, 0.1) is 5.82 Å². The fourth-order valence-electron chi connectivity index (χ4n) is 3.25. The number of hydrogen-bond acceptors (Lipinski definition) is 5. The average Bonchev–Trinajstić information content (AvgIpc) is 3.23. The van der Waals surface area contributed by atoms with Crippen LogP contribution in [0.15, 0.2) is 55.1 Å². The molecule has 1 aliphatic heterocycles. The summed E-state index contributed by atoms with van der Waals surface area (Å²) >= 11 is 0. The molecule has 4 rings (SSSR count). The molecule has 0 aliphatic carbocycles. The SMILES string of the molecule is Nc1cc(-n2cnnc2)ccc1N1CCN(C(=O)c2ccc(F)cc2)CC1. The van der Waals surface area contributed by atoms with Crippen molar-refractivity contribution in [2.75, 3.05) is 36.8 Å². The fourth-order valence-corrected chi connectivity index (χ4v) is 3.25. The fraction of sp³-hybridized carbons (Fsp3) is 0.211. The van der Waals surface area contributed by atoms with Crippen molar-refractivity contribution in [2.24, 2.45) is 0 Å². The molecule has 0 saturated carbocycles. The number of nitrogens with two attached hydrogens (primary N) is 1. The second-order valence-corrected chi connectivity index (χ2v) is 6.40. The van der Waals surface area contributed by atoms with Crippen LogP contribution in [0.3, 0.4) is 0 Å². The van der Waals surface area contributed by atoms with Crippen LogP contribution in [0.25, 0.3) is 5.69 Å². The molecule has 0 bridgehead atoms. The summed E-state index contributed by atoms with van der Waals surface area (Å²) in [5.41, 5.74) is 9.25. The maximum absolute atomic E-state index is 13.0. The molecule has 138 valence electrons. The van der Waals surface area contributed by atoms with Gasteiger partial charge in [-0.1, -0.05) is 0 Å². The molecule has 2 heterocycles. The third-order valence-corrected chi connectivity index (χ3v) is 4.73. The van der Waals surface area contributed by atoms with E-state index in [0.717, 1.165) is 11.4 Å². The molecule has 0 unspecified atom stereocenters. The first kappa shape index (κ1) is 17.0. The summed E-state index contributed by atoms with van der Waals surface area (Å²) in [6.45, 7) is 2.54. The number of carbonyl (C=O) groups excluding carboxylic acids is 1. The first-order valence-electron chi connectivity index (χ1n) is 8.66. The molecule has 2 aromatic carbocycles. The molecule has 0 atom stereocenters. The normalized spacial score (nSPS) is 14.4. The Morgan fingerprint density at radius 2 is 1.63 bits per heavy atom. The summed E-state index contributed by atoms with van der Waals surface area (Å²) in [7, 11) is 0. The molecular formula is C19H19FN6O. The Hall–Kier alpha value is -3.42. The highest BCUT2D eigenvalue weighted by Crippen LogP contribution is 2.27. The molecule has 27 heavy (non-hydrogen) atoms. The van der Waals surface area contributed by atoms with Gasteiger partial charge in [0.2, 0.25) is 0 Å². The Kier molecular flexibility index (Phi) is 4.45. The third-order valence-electron chi connectivity index (χ3n) is 4.73. The number of benzene rings is 2. The van der Waals surface area contributed by atoms with E-state index in [9.17, 15) is 9.18 Å². The maximum atomic E-state index is 13.0. The standard InChI is InChI=1S/C19H19FN6O/c20-15-3-1-14(2-4-15)19(27)25-9-7-24(8-10-25)18-6-5-16(11-17(18)21)26-12-22-23-13-26/h1-6,11-13H,7-10,21H2. The van der Waals surface area contributed by atoms with E-state index in [2.05, 4.69) is 15.1 Å². The second kappa shape index (κ2) is 7.06. The second-order valence-electron chi connectivity index (χ2n) is 6.40. The number of nitrogen functional groups attached to an aromatic ring is 1. The van der Waals surface area contributed by atoms with Gasteiger partial charge in [0.25, 0.3) is 5.91 Å². The highest BCUT2D eigenvalue weighted by atomic mass is 19.1. The summed E-state index contributed by atoms with van der Waals surface area (Å²) in [5, 5.41) is 7.60. The van der Waals surface area contributed by atoms with Gasteiger partial charge in [-0.3, -0.25) is 9.36 Å². The van der Waals surface area contributed by atoms with Crippen LogP contribution in [-0.2, 0) is 0 Å². The summed E-state index contributed by atoms with van der Waals surface area (Å²) in [6.07, 6.45) is 3.24. The summed E-state index contributed by atoms with van der Waals surface area (Å²) in [4.78, 5) is 16.5. The van der Waals surface area contributed by atoms with E-state index < -0.39 is 0 Å². The van der Waals surface area contributed by atoms with E-state index in [1.807, 2.05) is 18.2 Å². The monoisotopic (exact) mass is 366 g/mol. The molecule has 2 N–H and O–H groups in total. The van der Waals surface area contributed by atoms with E-state index in [4.69, 9.17) is 5.73 Å². The lowest BCUT2D eigenvalue weighted by Crippen LogP contribution is -2.49. The number of piperazine rings is 1. The van der Waals surface area contributed by atoms with Crippen LogP contribution in [0.2, 0.25) is 0 Å². The van der Waals surface area contributed by atoms with Crippen LogP contribution in [0.4, 0.5) is 15.8 Å². The smallest absolute Gasteiger partial charge is 0.253 e. The van der Waals surface area contributed by atoms with Gasteiger partial charge in [-0.05, 0) is 42.5 Å². The molecule has 1 aliphatic rings. The minimum Gasteiger partial charge on any atom is -0.397 e. The quantitative estimate of drug-likeness (QED) is 0.717. The molecule has 1 fully saturated rings. The molecule has 1 aromatic heterocycles. The summed E-state index contributed by atoms with van der Waals surface area (Å²) < 4.78 is 14.8. The first-order valence-corrected chi connectivity index (χ1v) is 8.66. The molecule has 7 nitrogen and oxygen atoms in total. The lowest BCUT2D eigenvalue weighted by Gasteiger charge is -2.36. The Balaban J connectivity index is 1.43. The zero-order valence-electron chi connectivity index (χ0n) is 14.6. The van der Waals surface area contributed by atoms with E-state index in [1.165, 1.54) is 24.3 Å². The molecular weight excluding hydrogens is 347 g/mol. The van der Waals surface area contributed by atoms with E-state index in [0.29, 0.717) is 37.4 Å². The zero-order chi connectivity index (χ0) is 18.8. The number of carbonyl (C=O) groups is 1. The molecule has 0 radical (unpaired) electrons. The van der Waals surface area contributed by atoms with E-state index in [1.54, 1.807) is 22.1 Å². The third kappa shape index (κ3) is 3.46. The predicted octanol–water partition coefficient (Wildman–Crippen LogP) is 1.95. The highest BCUT2D eigenvalue weighted by Gasteiger charge is 2.23. The van der Waals surface area contributed by atoms with Crippen molar-refractivity contribution in [2.45, 2.75) is 0 Å². The highest BCUT2D eigenvalue weighted by molar-refractivity contribution is 5.94. The lowest BCUT2D eigenvalue weighted by molar-refractivity contribution is 0.0747. The number of nitrogens with zero attached hydrogens (tertiary/aromatic N) is 5. The molecule has 8 heteroatoms. The Morgan fingerprint density at radius 3 is 2.26 bits per heavy atom. The van der Waals surface area contributed by atoms with Gasteiger partial charge < -0.3 is 15.5 Å². The van der Waals surface area contributed by atoms with Gasteiger partial charge in [-0.15, -0.1) is 10.2 Å². The van der Waals surface area contributed by atoms with Gasteiger partial charge in [0.05, 0.1) is 17.1 Å². The van der Waals surface area contributed by atoms with Crippen molar-refractivity contribution in [3.05, 3.63) is 66.5 Å². The topological polar surface area (TPSA) is 80.3 Å². The number of amides is 1. The number of rotatable bonds is 3. The number of anilines is 2. The number of hydrogen-bond donors (Lipinski definition) is 1. The average molecular weight is 366 g/mol. The number of aromatic nitrogens is 3. The van der Waals surface area contributed by atoms with Gasteiger partial charge in [-0.2, -0.15) is 0 Å². The van der Waals surface area contributed by atoms with Gasteiger partial charge >= 0.3 is 0 Å². The van der Waals surface area contributed by atoms with Crippen molar-refractivity contribution >= 4 is 17.3 Å². The van der Waals surface area contributed by atoms with E-state index >= 15 is 0 Å². The maximum Gasteiger partial charge on any atom is 0.253 e. The predicted molar refractivity (Wildman–Crippen MR) is 100 cm³/mol. The van der Waals surface area contributed by atoms with Crippen LogP contribution < -0.4 is 10.6 Å². The first-order chi connectivity index (χ1) is 13.1. The lowest BCUT2D eigenvalue weighted by atomic mass is 10.1. The van der Waals surface area contributed by atoms with Crippen LogP contribution in [-0.4, -0.2) is 51.8 Å². The molecule has 1 amide bonds. The molecule has 1 saturated heterocycles. The molecule has 0 spiro atoms. The number of halogens is 1. The summed E-state index contributed by atoms with van der Waals surface area (Å²) in [6, 6.07) is 11.5. The van der Waals surface area contributed by atoms with Gasteiger partial charge in [0.1, 0.15) is 18.5 Å². The van der Waals surface area contributed by atoms with Gasteiger partial charge in [0, 0.05) is 31.7 Å². The zero-order valence-corrected chi connectivity index (χ0v) is 14.6. The summed E-state index contributed by atoms with van der Waals surface area (Å²) in [5.74, 6) is -0.424. The van der Waals surface area contributed by atoms with Crippen molar-refractivity contribution in [1.82, 2.24) is 19.7 Å². The van der Waals surface area contributed by atoms with Gasteiger partial charge in [0.15, 0.2) is 0 Å². The van der Waals surface area contributed by atoms with Crippen molar-refractivity contribution in [3.8, 4) is 5.69 Å². The minimum atomic E-state index is -0.346. The largest absolute Gasteiger partial charge is 0.397 e.